The summed E-state index contributed by atoms with van der Waals surface area (Å²) in [4.78, 5) is 13.2. The van der Waals surface area contributed by atoms with Crippen molar-refractivity contribution in [1.82, 2.24) is 0 Å². The molecule has 5 rings (SSSR count). The lowest BCUT2D eigenvalue weighted by Crippen LogP contribution is -2.12. The highest BCUT2D eigenvalue weighted by Gasteiger charge is 2.22. The van der Waals surface area contributed by atoms with E-state index < -0.39 is 0 Å². The highest BCUT2D eigenvalue weighted by Crippen LogP contribution is 2.35. The third kappa shape index (κ3) is 5.29. The van der Waals surface area contributed by atoms with Crippen molar-refractivity contribution >= 4 is 64.3 Å². The van der Waals surface area contributed by atoms with Gasteiger partial charge in [0.15, 0.2) is 5.78 Å². The van der Waals surface area contributed by atoms with E-state index in [-0.39, 0.29) is 5.78 Å². The molecule has 2 aromatic heterocycles. The van der Waals surface area contributed by atoms with Gasteiger partial charge in [0.05, 0.1) is 10.0 Å². The molecule has 35 heavy (non-hydrogen) atoms. The number of rotatable bonds is 4. The third-order valence-corrected chi connectivity index (χ3v) is 6.88. The van der Waals surface area contributed by atoms with E-state index in [1.54, 1.807) is 48.6 Å². The summed E-state index contributed by atoms with van der Waals surface area (Å²) in [6.45, 7) is 0. The Hall–Kier alpha value is -2.69. The first-order chi connectivity index (χ1) is 16.9. The number of Topliss-reactive ketones (excluding diaryl/α,β-unsaturated/α-hetero) is 1. The molecule has 2 heterocycles. The van der Waals surface area contributed by atoms with Crippen LogP contribution in [0.25, 0.3) is 34.8 Å². The van der Waals surface area contributed by atoms with Gasteiger partial charge in [-0.05, 0) is 92.1 Å². The molecule has 7 heteroatoms. The van der Waals surface area contributed by atoms with Gasteiger partial charge in [0, 0.05) is 32.3 Å². The van der Waals surface area contributed by atoms with Gasteiger partial charge >= 0.3 is 0 Å². The summed E-state index contributed by atoms with van der Waals surface area (Å²) < 4.78 is 11.9. The van der Waals surface area contributed by atoms with E-state index in [0.29, 0.717) is 78.2 Å². The molecule has 2 aromatic carbocycles. The number of hydrogen-bond donors (Lipinski definition) is 0. The predicted octanol–water partition coefficient (Wildman–Crippen LogP) is 10.0. The van der Waals surface area contributed by atoms with Crippen molar-refractivity contribution in [3.05, 3.63) is 103 Å². The van der Waals surface area contributed by atoms with Crippen molar-refractivity contribution in [1.29, 1.82) is 0 Å². The topological polar surface area (TPSA) is 43.4 Å². The SMILES string of the molecule is O=C1C(=Cc2ccc(-c3cc(Cl)ccc3Cl)o2)CCCC1=Cc1ccc(-c2cc(Cl)ccc2Cl)o1. The van der Waals surface area contributed by atoms with E-state index in [0.717, 1.165) is 6.42 Å². The maximum atomic E-state index is 13.2. The molecule has 0 atom stereocenters. The largest absolute Gasteiger partial charge is 0.457 e. The zero-order valence-electron chi connectivity index (χ0n) is 18.3. The molecule has 0 unspecified atom stereocenters. The maximum absolute atomic E-state index is 13.2. The predicted molar refractivity (Wildman–Crippen MR) is 143 cm³/mol. The van der Waals surface area contributed by atoms with Crippen LogP contribution in [0.15, 0.2) is 80.6 Å². The summed E-state index contributed by atoms with van der Waals surface area (Å²) in [6, 6.07) is 17.7. The van der Waals surface area contributed by atoms with Crippen LogP contribution in [0.3, 0.4) is 0 Å². The summed E-state index contributed by atoms with van der Waals surface area (Å²) in [6.07, 6.45) is 5.77. The third-order valence-electron chi connectivity index (χ3n) is 5.75. The van der Waals surface area contributed by atoms with Crippen LogP contribution in [-0.2, 0) is 4.79 Å². The molecule has 4 aromatic rings. The van der Waals surface area contributed by atoms with Crippen LogP contribution < -0.4 is 0 Å². The summed E-state index contributed by atoms with van der Waals surface area (Å²) in [5, 5.41) is 2.21. The fourth-order valence-electron chi connectivity index (χ4n) is 4.04. The number of halogens is 4. The van der Waals surface area contributed by atoms with Gasteiger partial charge in [-0.3, -0.25) is 4.79 Å². The highest BCUT2D eigenvalue weighted by atomic mass is 35.5. The highest BCUT2D eigenvalue weighted by molar-refractivity contribution is 6.35. The van der Waals surface area contributed by atoms with Crippen LogP contribution in [-0.4, -0.2) is 5.78 Å². The van der Waals surface area contributed by atoms with Gasteiger partial charge in [-0.25, -0.2) is 0 Å². The molecule has 0 saturated heterocycles. The molecule has 0 spiro atoms. The Morgan fingerprint density at radius 3 is 1.54 bits per heavy atom. The van der Waals surface area contributed by atoms with Crippen molar-refractivity contribution < 1.29 is 13.6 Å². The maximum Gasteiger partial charge on any atom is 0.185 e. The van der Waals surface area contributed by atoms with E-state index in [9.17, 15) is 4.79 Å². The number of furan rings is 2. The second-order valence-electron chi connectivity index (χ2n) is 8.17. The van der Waals surface area contributed by atoms with Crippen molar-refractivity contribution in [2.75, 3.05) is 0 Å². The Balaban J connectivity index is 1.39. The Kier molecular flexibility index (Phi) is 6.95. The molecule has 1 fully saturated rings. The molecule has 1 saturated carbocycles. The summed E-state index contributed by atoms with van der Waals surface area (Å²) >= 11 is 24.8. The van der Waals surface area contributed by atoms with Gasteiger partial charge in [0.2, 0.25) is 0 Å². The van der Waals surface area contributed by atoms with Crippen LogP contribution in [0.5, 0.6) is 0 Å². The second-order valence-corrected chi connectivity index (χ2v) is 9.86. The minimum Gasteiger partial charge on any atom is -0.457 e. The lowest BCUT2D eigenvalue weighted by Gasteiger charge is -2.15. The van der Waals surface area contributed by atoms with Crippen molar-refractivity contribution in [2.45, 2.75) is 19.3 Å². The van der Waals surface area contributed by atoms with Crippen molar-refractivity contribution in [3.8, 4) is 22.6 Å². The first kappa shape index (κ1) is 24.0. The quantitative estimate of drug-likeness (QED) is 0.240. The number of carbonyl (C=O) groups excluding carboxylic acids is 1. The van der Waals surface area contributed by atoms with Crippen LogP contribution in [0, 0.1) is 0 Å². The van der Waals surface area contributed by atoms with Gasteiger partial charge in [0.25, 0.3) is 0 Å². The van der Waals surface area contributed by atoms with E-state index in [2.05, 4.69) is 0 Å². The molecule has 0 aliphatic heterocycles. The smallest absolute Gasteiger partial charge is 0.185 e. The zero-order chi connectivity index (χ0) is 24.5. The van der Waals surface area contributed by atoms with Gasteiger partial charge in [0.1, 0.15) is 23.0 Å². The molecule has 0 amide bonds. The lowest BCUT2D eigenvalue weighted by molar-refractivity contribution is -0.112. The number of ketones is 1. The molecule has 0 N–H and O–H groups in total. The average molecular weight is 544 g/mol. The Morgan fingerprint density at radius 2 is 1.09 bits per heavy atom. The Morgan fingerprint density at radius 1 is 0.629 bits per heavy atom. The van der Waals surface area contributed by atoms with Crippen molar-refractivity contribution in [2.24, 2.45) is 0 Å². The normalized spacial score (nSPS) is 16.4. The fourth-order valence-corrected chi connectivity index (χ4v) is 4.81. The number of allylic oxidation sites excluding steroid dienone is 2. The molecular weight excluding hydrogens is 526 g/mol. The molecule has 176 valence electrons. The summed E-state index contributed by atoms with van der Waals surface area (Å²) in [7, 11) is 0. The monoisotopic (exact) mass is 542 g/mol. The van der Waals surface area contributed by atoms with Gasteiger partial charge < -0.3 is 8.83 Å². The molecular formula is C28H18Cl4O3. The molecule has 1 aliphatic carbocycles. The standard InChI is InChI=1S/C28H18Cl4O3/c29-18-4-8-24(31)22(14-18)26-10-6-20(34-26)12-16-2-1-3-17(28(16)33)13-21-7-11-27(35-21)23-15-19(30)5-9-25(23)32/h4-15H,1-3H2. The first-order valence-electron chi connectivity index (χ1n) is 10.9. The number of benzene rings is 2. The molecule has 0 bridgehead atoms. The summed E-state index contributed by atoms with van der Waals surface area (Å²) in [5.41, 5.74) is 2.77. The van der Waals surface area contributed by atoms with E-state index in [1.807, 2.05) is 24.3 Å². The van der Waals surface area contributed by atoms with Gasteiger partial charge in [-0.2, -0.15) is 0 Å². The lowest BCUT2D eigenvalue weighted by atomic mass is 9.88. The van der Waals surface area contributed by atoms with Crippen molar-refractivity contribution in [3.63, 3.8) is 0 Å². The van der Waals surface area contributed by atoms with E-state index in [4.69, 9.17) is 55.2 Å². The van der Waals surface area contributed by atoms with E-state index in [1.165, 1.54) is 0 Å². The second kappa shape index (κ2) is 10.1. The van der Waals surface area contributed by atoms with Crippen LogP contribution in [0.2, 0.25) is 20.1 Å². The van der Waals surface area contributed by atoms with Crippen LogP contribution in [0.4, 0.5) is 0 Å². The Bertz CT molecular complexity index is 1380. The number of hydrogen-bond acceptors (Lipinski definition) is 3. The minimum absolute atomic E-state index is 0.0197. The zero-order valence-corrected chi connectivity index (χ0v) is 21.3. The molecule has 1 aliphatic rings. The molecule has 3 nitrogen and oxygen atoms in total. The first-order valence-corrected chi connectivity index (χ1v) is 12.4. The van der Waals surface area contributed by atoms with E-state index >= 15 is 0 Å². The van der Waals surface area contributed by atoms with Crippen LogP contribution >= 0.6 is 46.4 Å². The fraction of sp³-hybridized carbons (Fsp3) is 0.107. The average Bonchev–Trinajstić information content (AvgIpc) is 3.49. The summed E-state index contributed by atoms with van der Waals surface area (Å²) in [5.74, 6) is 2.32. The number of carbonyl (C=O) groups is 1. The minimum atomic E-state index is -0.0197. The Labute approximate surface area is 222 Å². The van der Waals surface area contributed by atoms with Gasteiger partial charge in [-0.15, -0.1) is 0 Å². The van der Waals surface area contributed by atoms with Gasteiger partial charge in [-0.1, -0.05) is 46.4 Å². The molecule has 0 radical (unpaired) electrons. The van der Waals surface area contributed by atoms with Crippen LogP contribution in [0.1, 0.15) is 30.8 Å².